The monoisotopic (exact) mass is 484 g/mol. The Hall–Kier alpha value is -4.29. The molecule has 0 radical (unpaired) electrons. The van der Waals surface area contributed by atoms with Crippen LogP contribution >= 0.6 is 11.6 Å². The van der Waals surface area contributed by atoms with Crippen LogP contribution in [0.4, 0.5) is 10.5 Å². The fourth-order valence-corrected chi connectivity index (χ4v) is 4.12. The van der Waals surface area contributed by atoms with Gasteiger partial charge in [0, 0.05) is 5.02 Å². The summed E-state index contributed by atoms with van der Waals surface area (Å²) in [7, 11) is 1.55. The summed E-state index contributed by atoms with van der Waals surface area (Å²) in [6.07, 6.45) is 1.60. The zero-order valence-corrected chi connectivity index (χ0v) is 19.6. The van der Waals surface area contributed by atoms with Crippen LogP contribution in [0, 0.1) is 0 Å². The van der Waals surface area contributed by atoms with E-state index in [1.807, 2.05) is 18.2 Å². The number of carbonyl (C=O) groups is 2. The molecule has 5 rings (SSSR count). The number of hydrogen-bond donors (Lipinski definition) is 1. The van der Waals surface area contributed by atoms with Gasteiger partial charge in [0.1, 0.15) is 12.3 Å². The zero-order valence-electron chi connectivity index (χ0n) is 18.8. The molecule has 1 fully saturated rings. The number of hydrogen-bond acceptors (Lipinski definition) is 4. The number of urea groups is 1. The summed E-state index contributed by atoms with van der Waals surface area (Å²) in [5.74, 6) is 0.626. The number of benzene rings is 4. The van der Waals surface area contributed by atoms with Crippen molar-refractivity contribution < 1.29 is 19.1 Å². The first-order valence-corrected chi connectivity index (χ1v) is 11.3. The van der Waals surface area contributed by atoms with E-state index in [9.17, 15) is 9.59 Å². The summed E-state index contributed by atoms with van der Waals surface area (Å²) in [6.45, 7) is 0.380. The summed E-state index contributed by atoms with van der Waals surface area (Å²) in [5, 5.41) is 5.38. The molecule has 1 aliphatic heterocycles. The van der Waals surface area contributed by atoms with E-state index in [-0.39, 0.29) is 5.70 Å². The standard InChI is InChI=1S/C28H21ClN2O4/c1-34-26-15-18(14-24-27(32)31(28(33)30-24)23-8-4-7-22(29)16-23)10-12-25(26)35-17-19-9-11-20-5-2-3-6-21(20)13-19/h2-16H,17H2,1H3,(H,30,33)/b24-14+. The fourth-order valence-electron chi connectivity index (χ4n) is 3.93. The highest BCUT2D eigenvalue weighted by Gasteiger charge is 2.35. The van der Waals surface area contributed by atoms with E-state index >= 15 is 0 Å². The van der Waals surface area contributed by atoms with Crippen LogP contribution in [0.3, 0.4) is 0 Å². The Morgan fingerprint density at radius 2 is 1.71 bits per heavy atom. The Bertz CT molecular complexity index is 1480. The van der Waals surface area contributed by atoms with E-state index in [2.05, 4.69) is 29.6 Å². The molecule has 0 spiro atoms. The molecule has 0 aromatic heterocycles. The van der Waals surface area contributed by atoms with Gasteiger partial charge in [0.25, 0.3) is 5.91 Å². The van der Waals surface area contributed by atoms with E-state index in [1.165, 1.54) is 5.39 Å². The zero-order chi connectivity index (χ0) is 24.4. The van der Waals surface area contributed by atoms with Gasteiger partial charge in [0.15, 0.2) is 11.5 Å². The third kappa shape index (κ3) is 4.69. The Morgan fingerprint density at radius 3 is 2.51 bits per heavy atom. The van der Waals surface area contributed by atoms with Crippen molar-refractivity contribution in [2.75, 3.05) is 12.0 Å². The first-order valence-electron chi connectivity index (χ1n) is 10.9. The Labute approximate surface area is 207 Å². The normalized spacial score (nSPS) is 14.5. The van der Waals surface area contributed by atoms with Crippen LogP contribution < -0.4 is 19.7 Å². The van der Waals surface area contributed by atoms with Crippen LogP contribution in [0.5, 0.6) is 11.5 Å². The van der Waals surface area contributed by atoms with Crippen LogP contribution in [0.1, 0.15) is 11.1 Å². The first-order chi connectivity index (χ1) is 17.0. The van der Waals surface area contributed by atoms with Crippen molar-refractivity contribution in [1.29, 1.82) is 0 Å². The molecule has 35 heavy (non-hydrogen) atoms. The highest BCUT2D eigenvalue weighted by Crippen LogP contribution is 2.31. The number of imide groups is 1. The summed E-state index contributed by atoms with van der Waals surface area (Å²) in [6, 6.07) is 25.7. The van der Waals surface area contributed by atoms with Crippen molar-refractivity contribution in [3.63, 3.8) is 0 Å². The van der Waals surface area contributed by atoms with Gasteiger partial charge in [0.2, 0.25) is 0 Å². The second-order valence-electron chi connectivity index (χ2n) is 7.99. The molecule has 0 aliphatic carbocycles. The van der Waals surface area contributed by atoms with E-state index in [0.29, 0.717) is 34.4 Å². The molecule has 1 saturated heterocycles. The molecule has 0 saturated carbocycles. The predicted molar refractivity (Wildman–Crippen MR) is 137 cm³/mol. The lowest BCUT2D eigenvalue weighted by Gasteiger charge is -2.12. The van der Waals surface area contributed by atoms with Crippen molar-refractivity contribution in [1.82, 2.24) is 5.32 Å². The first kappa shape index (κ1) is 22.5. The van der Waals surface area contributed by atoms with Gasteiger partial charge in [-0.3, -0.25) is 4.79 Å². The van der Waals surface area contributed by atoms with Gasteiger partial charge < -0.3 is 14.8 Å². The highest BCUT2D eigenvalue weighted by atomic mass is 35.5. The highest BCUT2D eigenvalue weighted by molar-refractivity contribution is 6.32. The second-order valence-corrected chi connectivity index (χ2v) is 8.43. The number of rotatable bonds is 6. The van der Waals surface area contributed by atoms with Crippen LogP contribution in [0.2, 0.25) is 5.02 Å². The van der Waals surface area contributed by atoms with Crippen molar-refractivity contribution >= 4 is 46.1 Å². The fraction of sp³-hybridized carbons (Fsp3) is 0.0714. The lowest BCUT2D eigenvalue weighted by Crippen LogP contribution is -2.30. The van der Waals surface area contributed by atoms with E-state index < -0.39 is 11.9 Å². The maximum absolute atomic E-state index is 12.9. The topological polar surface area (TPSA) is 67.9 Å². The van der Waals surface area contributed by atoms with Gasteiger partial charge in [-0.05, 0) is 64.4 Å². The molecule has 4 aromatic rings. The molecule has 4 aromatic carbocycles. The number of halogens is 1. The van der Waals surface area contributed by atoms with Gasteiger partial charge >= 0.3 is 6.03 Å². The Morgan fingerprint density at radius 1 is 0.886 bits per heavy atom. The third-order valence-electron chi connectivity index (χ3n) is 5.65. The van der Waals surface area contributed by atoms with Crippen LogP contribution in [0.15, 0.2) is 90.6 Å². The number of methoxy groups -OCH3 is 1. The predicted octanol–water partition coefficient (Wildman–Crippen LogP) is 6.18. The third-order valence-corrected chi connectivity index (χ3v) is 5.89. The Kier molecular flexibility index (Phi) is 6.12. The molecule has 0 atom stereocenters. The Balaban J connectivity index is 1.34. The minimum atomic E-state index is -0.536. The number of ether oxygens (including phenoxy) is 2. The molecular weight excluding hydrogens is 464 g/mol. The van der Waals surface area contributed by atoms with Gasteiger partial charge in [0.05, 0.1) is 12.8 Å². The molecule has 3 amide bonds. The lowest BCUT2D eigenvalue weighted by molar-refractivity contribution is -0.113. The minimum absolute atomic E-state index is 0.155. The molecule has 0 unspecified atom stereocenters. The maximum atomic E-state index is 12.9. The molecule has 174 valence electrons. The molecule has 1 N–H and O–H groups in total. The summed E-state index contributed by atoms with van der Waals surface area (Å²) in [5.41, 5.74) is 2.27. The van der Waals surface area contributed by atoms with Crippen molar-refractivity contribution in [2.45, 2.75) is 6.61 Å². The van der Waals surface area contributed by atoms with E-state index in [0.717, 1.165) is 15.8 Å². The number of nitrogens with one attached hydrogen (secondary N) is 1. The number of nitrogens with zero attached hydrogens (tertiary/aromatic N) is 1. The average molecular weight is 485 g/mol. The van der Waals surface area contributed by atoms with Gasteiger partial charge in [-0.25, -0.2) is 9.69 Å². The summed E-state index contributed by atoms with van der Waals surface area (Å²) in [4.78, 5) is 26.4. The van der Waals surface area contributed by atoms with Crippen LogP contribution in [0.25, 0.3) is 16.8 Å². The molecule has 1 heterocycles. The van der Waals surface area contributed by atoms with Crippen LogP contribution in [-0.4, -0.2) is 19.0 Å². The number of anilines is 1. The molecule has 6 nitrogen and oxygen atoms in total. The number of amides is 3. The number of fused-ring (bicyclic) bond motifs is 1. The summed E-state index contributed by atoms with van der Waals surface area (Å²) < 4.78 is 11.5. The SMILES string of the molecule is COc1cc(/C=C2/NC(=O)N(c3cccc(Cl)c3)C2=O)ccc1OCc1ccc2ccccc2c1. The second kappa shape index (κ2) is 9.52. The summed E-state index contributed by atoms with van der Waals surface area (Å²) >= 11 is 6.01. The van der Waals surface area contributed by atoms with E-state index in [1.54, 1.807) is 55.7 Å². The largest absolute Gasteiger partial charge is 0.493 e. The molecule has 7 heteroatoms. The van der Waals surface area contributed by atoms with E-state index in [4.69, 9.17) is 21.1 Å². The van der Waals surface area contributed by atoms with Gasteiger partial charge in [-0.15, -0.1) is 0 Å². The van der Waals surface area contributed by atoms with Crippen molar-refractivity contribution in [2.24, 2.45) is 0 Å². The van der Waals surface area contributed by atoms with Crippen LogP contribution in [-0.2, 0) is 11.4 Å². The smallest absolute Gasteiger partial charge is 0.333 e. The number of carbonyl (C=O) groups excluding carboxylic acids is 2. The average Bonchev–Trinajstić information content (AvgIpc) is 3.15. The molecule has 1 aliphatic rings. The minimum Gasteiger partial charge on any atom is -0.493 e. The lowest BCUT2D eigenvalue weighted by atomic mass is 10.1. The quantitative estimate of drug-likeness (QED) is 0.262. The molecule has 0 bridgehead atoms. The van der Waals surface area contributed by atoms with Crippen molar-refractivity contribution in [3.8, 4) is 11.5 Å². The maximum Gasteiger partial charge on any atom is 0.333 e. The van der Waals surface area contributed by atoms with Gasteiger partial charge in [-0.2, -0.15) is 0 Å². The van der Waals surface area contributed by atoms with Gasteiger partial charge in [-0.1, -0.05) is 60.1 Å². The van der Waals surface area contributed by atoms with Crippen molar-refractivity contribution in [3.05, 3.63) is 107 Å². The molecular formula is C28H21ClN2O4.